The summed E-state index contributed by atoms with van der Waals surface area (Å²) in [6, 6.07) is 0. The first-order chi connectivity index (χ1) is 19.7. The quantitative estimate of drug-likeness (QED) is 0.157. The average Bonchev–Trinajstić information content (AvgIpc) is 2.98. The number of ether oxygens (including phenoxy) is 12. The lowest BCUT2D eigenvalue weighted by molar-refractivity contribution is -0.383. The van der Waals surface area contributed by atoms with Crippen molar-refractivity contribution in [2.45, 2.75) is 92.1 Å². The van der Waals surface area contributed by atoms with Crippen LogP contribution in [0.2, 0.25) is 0 Å². The minimum atomic E-state index is -1.64. The van der Waals surface area contributed by atoms with Crippen molar-refractivity contribution in [1.82, 2.24) is 0 Å². The van der Waals surface area contributed by atoms with Gasteiger partial charge in [0.25, 0.3) is 0 Å². The van der Waals surface area contributed by atoms with Gasteiger partial charge < -0.3 is 77.3 Å². The maximum absolute atomic E-state index is 10.6. The first-order valence-corrected chi connectivity index (χ1v) is 13.3. The zero-order valence-electron chi connectivity index (χ0n) is 24.5. The van der Waals surface area contributed by atoms with Gasteiger partial charge in [0, 0.05) is 49.8 Å². The van der Waals surface area contributed by atoms with Crippen molar-refractivity contribution in [1.29, 1.82) is 0 Å². The van der Waals surface area contributed by atoms with Gasteiger partial charge in [-0.3, -0.25) is 0 Å². The van der Waals surface area contributed by atoms with E-state index < -0.39 is 98.7 Å². The zero-order chi connectivity index (χ0) is 30.3. The van der Waals surface area contributed by atoms with E-state index in [2.05, 4.69) is 0 Å². The highest BCUT2D eigenvalue weighted by Gasteiger charge is 2.55. The first-order valence-electron chi connectivity index (χ1n) is 13.3. The third-order valence-corrected chi connectivity index (χ3v) is 7.60. The van der Waals surface area contributed by atoms with Gasteiger partial charge in [-0.05, 0) is 0 Å². The summed E-state index contributed by atoms with van der Waals surface area (Å²) in [5.74, 6) is 0. The molecular formula is C25H46O16. The predicted octanol–water partition coefficient (Wildman–Crippen LogP) is -2.99. The third-order valence-electron chi connectivity index (χ3n) is 7.60. The fourth-order valence-corrected chi connectivity index (χ4v) is 5.50. The average molecular weight is 603 g/mol. The predicted molar refractivity (Wildman–Crippen MR) is 135 cm³/mol. The van der Waals surface area contributed by atoms with E-state index in [1.807, 2.05) is 0 Å². The van der Waals surface area contributed by atoms with Crippen molar-refractivity contribution in [2.75, 3.05) is 69.6 Å². The van der Waals surface area contributed by atoms with Crippen LogP contribution < -0.4 is 0 Å². The van der Waals surface area contributed by atoms with E-state index in [0.29, 0.717) is 0 Å². The molecular weight excluding hydrogens is 556 g/mol. The van der Waals surface area contributed by atoms with Gasteiger partial charge >= 0.3 is 0 Å². The molecule has 3 aliphatic rings. The Morgan fingerprint density at radius 3 is 1.34 bits per heavy atom. The highest BCUT2D eigenvalue weighted by atomic mass is 16.8. The van der Waals surface area contributed by atoms with Gasteiger partial charge in [0.05, 0.1) is 19.8 Å². The van der Waals surface area contributed by atoms with Gasteiger partial charge in [-0.2, -0.15) is 0 Å². The Hall–Kier alpha value is -0.640. The molecule has 0 aromatic carbocycles. The summed E-state index contributed by atoms with van der Waals surface area (Å²) in [4.78, 5) is 0. The molecule has 0 saturated carbocycles. The van der Waals surface area contributed by atoms with E-state index in [4.69, 9.17) is 56.8 Å². The molecule has 0 bridgehead atoms. The molecule has 3 rings (SSSR count). The molecule has 41 heavy (non-hydrogen) atoms. The molecule has 3 fully saturated rings. The Morgan fingerprint density at radius 1 is 0.463 bits per heavy atom. The summed E-state index contributed by atoms with van der Waals surface area (Å²) in [5.41, 5.74) is 0. The van der Waals surface area contributed by atoms with Gasteiger partial charge in [0.15, 0.2) is 18.9 Å². The van der Waals surface area contributed by atoms with Crippen LogP contribution in [0.1, 0.15) is 0 Å². The smallest absolute Gasteiger partial charge is 0.187 e. The Balaban J connectivity index is 1.88. The number of aliphatic hydroxyl groups is 4. The van der Waals surface area contributed by atoms with Gasteiger partial charge in [0.1, 0.15) is 73.2 Å². The molecule has 3 heterocycles. The second-order valence-electron chi connectivity index (χ2n) is 9.93. The fraction of sp³-hybridized carbons (Fsp3) is 1.00. The molecule has 4 N–H and O–H groups in total. The Morgan fingerprint density at radius 2 is 0.902 bits per heavy atom. The Labute approximate surface area is 239 Å². The Bertz CT molecular complexity index is 746. The summed E-state index contributed by atoms with van der Waals surface area (Å²) in [6.45, 7) is -0.471. The minimum absolute atomic E-state index is 0.00105. The van der Waals surface area contributed by atoms with Gasteiger partial charge in [-0.25, -0.2) is 0 Å². The summed E-state index contributed by atoms with van der Waals surface area (Å²) in [7, 11) is 10.4. The highest BCUT2D eigenvalue weighted by Crippen LogP contribution is 2.35. The van der Waals surface area contributed by atoms with Crippen LogP contribution in [0.15, 0.2) is 0 Å². The minimum Gasteiger partial charge on any atom is -0.394 e. The van der Waals surface area contributed by atoms with E-state index in [0.717, 1.165) is 0 Å². The van der Waals surface area contributed by atoms with Crippen LogP contribution in [0.4, 0.5) is 0 Å². The largest absolute Gasteiger partial charge is 0.394 e. The van der Waals surface area contributed by atoms with Crippen LogP contribution in [-0.4, -0.2) is 182 Å². The second kappa shape index (κ2) is 16.4. The second-order valence-corrected chi connectivity index (χ2v) is 9.93. The van der Waals surface area contributed by atoms with Crippen LogP contribution in [-0.2, 0) is 56.8 Å². The molecule has 0 aromatic heterocycles. The Kier molecular flexibility index (Phi) is 14.0. The van der Waals surface area contributed by atoms with Crippen molar-refractivity contribution < 1.29 is 77.3 Å². The molecule has 3 saturated heterocycles. The molecule has 0 aromatic rings. The van der Waals surface area contributed by atoms with E-state index >= 15 is 0 Å². The summed E-state index contributed by atoms with van der Waals surface area (Å²) < 4.78 is 69.6. The number of methoxy groups -OCH3 is 7. The van der Waals surface area contributed by atoms with Crippen LogP contribution in [0.3, 0.4) is 0 Å². The van der Waals surface area contributed by atoms with Crippen LogP contribution in [0.25, 0.3) is 0 Å². The molecule has 16 nitrogen and oxygen atoms in total. The SMILES string of the molecule is COC[C@@H]1O[C@H](O[C@H]2[C@H](OC)[C@@H](OC)[C@H](OC)O[C@@H]2COC)[C@@H](OC)[C@H](OC)[C@H]1O[C@@H]1O[C@H](CO)[C@@H](O)[C@H](O)[C@H]1O. The van der Waals surface area contributed by atoms with Gasteiger partial charge in [0.2, 0.25) is 0 Å². The lowest BCUT2D eigenvalue weighted by Crippen LogP contribution is -2.67. The van der Waals surface area contributed by atoms with Gasteiger partial charge in [-0.15, -0.1) is 0 Å². The van der Waals surface area contributed by atoms with E-state index in [1.165, 1.54) is 49.8 Å². The molecule has 0 radical (unpaired) electrons. The topological polar surface area (TPSA) is 192 Å². The molecule has 16 heteroatoms. The van der Waals surface area contributed by atoms with Crippen molar-refractivity contribution in [3.8, 4) is 0 Å². The van der Waals surface area contributed by atoms with Crippen molar-refractivity contribution in [2.24, 2.45) is 0 Å². The van der Waals surface area contributed by atoms with E-state index in [1.54, 1.807) is 0 Å². The standard InChI is InChI=1S/C25H46O16/c1-30-9-12-18(19(32-3)21(34-5)24(36-7)38-12)41-25-22(35-6)20(33-4)17(13(39-25)10-31-2)40-23-16(29)15(28)14(27)11(8-26)37-23/h11-29H,8-10H2,1-7H3/t11-,12-,13+,14-,15+,16-,17+,18-,19+,20-,21-,22+,23+,24-,25-/m1/s1. The zero-order valence-corrected chi connectivity index (χ0v) is 24.5. The molecule has 0 unspecified atom stereocenters. The van der Waals surface area contributed by atoms with Crippen LogP contribution in [0.5, 0.6) is 0 Å². The van der Waals surface area contributed by atoms with Crippen molar-refractivity contribution >= 4 is 0 Å². The van der Waals surface area contributed by atoms with Crippen molar-refractivity contribution in [3.05, 3.63) is 0 Å². The molecule has 242 valence electrons. The van der Waals surface area contributed by atoms with Crippen LogP contribution in [0, 0.1) is 0 Å². The van der Waals surface area contributed by atoms with Crippen LogP contribution >= 0.6 is 0 Å². The first kappa shape index (κ1) is 34.8. The monoisotopic (exact) mass is 602 g/mol. The molecule has 3 aliphatic heterocycles. The number of rotatable bonds is 14. The summed E-state index contributed by atoms with van der Waals surface area (Å²) in [5, 5.41) is 40.6. The summed E-state index contributed by atoms with van der Waals surface area (Å²) in [6.07, 6.45) is -15.6. The highest BCUT2D eigenvalue weighted by molar-refractivity contribution is 4.98. The molecule has 0 aliphatic carbocycles. The number of aliphatic hydroxyl groups excluding tert-OH is 4. The summed E-state index contributed by atoms with van der Waals surface area (Å²) >= 11 is 0. The van der Waals surface area contributed by atoms with Gasteiger partial charge in [-0.1, -0.05) is 0 Å². The maximum Gasteiger partial charge on any atom is 0.187 e. The van der Waals surface area contributed by atoms with Crippen molar-refractivity contribution in [3.63, 3.8) is 0 Å². The van der Waals surface area contributed by atoms with E-state index in [9.17, 15) is 20.4 Å². The molecule has 0 amide bonds. The lowest BCUT2D eigenvalue weighted by atomic mass is 9.95. The fourth-order valence-electron chi connectivity index (χ4n) is 5.50. The normalized spacial score (nSPS) is 45.6. The third kappa shape index (κ3) is 7.54. The number of hydrogen-bond acceptors (Lipinski definition) is 16. The maximum atomic E-state index is 10.6. The molecule has 0 spiro atoms. The number of hydrogen-bond donors (Lipinski definition) is 4. The lowest BCUT2D eigenvalue weighted by Gasteiger charge is -2.50. The van der Waals surface area contributed by atoms with E-state index in [-0.39, 0.29) is 13.2 Å². The molecule has 15 atom stereocenters.